The maximum atomic E-state index is 11.9. The molecule has 22 heavy (non-hydrogen) atoms. The summed E-state index contributed by atoms with van der Waals surface area (Å²) < 4.78 is 30.5. The number of likely N-dealkylation sites (N-methyl/N-ethyl adjacent to an activating group) is 1. The third kappa shape index (κ3) is 4.54. The first-order valence-electron chi connectivity index (χ1n) is 6.84. The molecule has 0 saturated heterocycles. The van der Waals surface area contributed by atoms with Gasteiger partial charge in [0.15, 0.2) is 6.61 Å². The van der Waals surface area contributed by atoms with Crippen LogP contribution in [0.4, 0.5) is 0 Å². The first kappa shape index (κ1) is 18.1. The van der Waals surface area contributed by atoms with Crippen LogP contribution in [0.25, 0.3) is 0 Å². The normalized spacial score (nSPS) is 11.0. The molecule has 0 fully saturated rings. The summed E-state index contributed by atoms with van der Waals surface area (Å²) >= 11 is 0. The van der Waals surface area contributed by atoms with Gasteiger partial charge in [0, 0.05) is 13.1 Å². The van der Waals surface area contributed by atoms with E-state index >= 15 is 0 Å². The summed E-state index contributed by atoms with van der Waals surface area (Å²) in [6, 6.07) is 5.44. The zero-order chi connectivity index (χ0) is 16.8. The molecule has 1 aromatic rings. The molecular formula is C14H20N2O5S. The number of ether oxygens (including phenoxy) is 1. The van der Waals surface area contributed by atoms with E-state index in [9.17, 15) is 18.0 Å². The zero-order valence-corrected chi connectivity index (χ0v) is 13.6. The van der Waals surface area contributed by atoms with Gasteiger partial charge in [-0.2, -0.15) is 0 Å². The third-order valence-corrected chi connectivity index (χ3v) is 4.50. The minimum absolute atomic E-state index is 0.0421. The number of hydrogen-bond acceptors (Lipinski definition) is 5. The Morgan fingerprint density at radius 1 is 1.23 bits per heavy atom. The number of sulfonamides is 1. The van der Waals surface area contributed by atoms with Crippen molar-refractivity contribution in [3.63, 3.8) is 0 Å². The topological polar surface area (TPSA) is 92.8 Å². The largest absolute Gasteiger partial charge is 0.452 e. The Balaban J connectivity index is 2.79. The average Bonchev–Trinajstić information content (AvgIpc) is 2.53. The lowest BCUT2D eigenvalue weighted by Gasteiger charge is -2.18. The molecular weight excluding hydrogens is 308 g/mol. The van der Waals surface area contributed by atoms with Crippen LogP contribution in [0.5, 0.6) is 0 Å². The van der Waals surface area contributed by atoms with E-state index in [4.69, 9.17) is 4.74 Å². The van der Waals surface area contributed by atoms with Crippen LogP contribution in [0.1, 0.15) is 24.2 Å². The Hall–Kier alpha value is -1.93. The Morgan fingerprint density at radius 3 is 2.41 bits per heavy atom. The number of hydrogen-bond donors (Lipinski definition) is 1. The second-order valence-electron chi connectivity index (χ2n) is 4.38. The molecule has 1 rings (SSSR count). The lowest BCUT2D eigenvalue weighted by Crippen LogP contribution is -2.34. The fraction of sp³-hybridized carbons (Fsp3) is 0.429. The summed E-state index contributed by atoms with van der Waals surface area (Å²) in [6.45, 7) is 4.35. The van der Waals surface area contributed by atoms with Gasteiger partial charge in [-0.15, -0.1) is 0 Å². The molecule has 1 N–H and O–H groups in total. The molecule has 0 bridgehead atoms. The molecule has 0 heterocycles. The number of nitrogens with zero attached hydrogens (tertiary/aromatic N) is 1. The van der Waals surface area contributed by atoms with E-state index in [2.05, 4.69) is 4.72 Å². The van der Waals surface area contributed by atoms with E-state index < -0.39 is 16.0 Å². The monoisotopic (exact) mass is 328 g/mol. The molecule has 0 spiro atoms. The van der Waals surface area contributed by atoms with E-state index in [-0.39, 0.29) is 23.0 Å². The summed E-state index contributed by atoms with van der Waals surface area (Å²) in [5.74, 6) is -1.04. The lowest BCUT2D eigenvalue weighted by atomic mass is 10.2. The van der Waals surface area contributed by atoms with Crippen LogP contribution in [-0.2, 0) is 19.6 Å². The Kier molecular flexibility index (Phi) is 6.51. The van der Waals surface area contributed by atoms with Gasteiger partial charge in [0.2, 0.25) is 10.0 Å². The highest BCUT2D eigenvalue weighted by atomic mass is 32.2. The number of esters is 1. The third-order valence-electron chi connectivity index (χ3n) is 3.09. The van der Waals surface area contributed by atoms with Crippen LogP contribution in [0.15, 0.2) is 29.2 Å². The lowest BCUT2D eigenvalue weighted by molar-refractivity contribution is -0.134. The van der Waals surface area contributed by atoms with Gasteiger partial charge in [0.05, 0.1) is 10.5 Å². The van der Waals surface area contributed by atoms with Crippen molar-refractivity contribution in [2.24, 2.45) is 0 Å². The first-order valence-corrected chi connectivity index (χ1v) is 8.32. The molecule has 0 radical (unpaired) electrons. The van der Waals surface area contributed by atoms with E-state index in [0.29, 0.717) is 13.1 Å². The Bertz CT molecular complexity index is 638. The van der Waals surface area contributed by atoms with Crippen LogP contribution in [-0.4, -0.2) is 51.9 Å². The number of amides is 1. The van der Waals surface area contributed by atoms with Crippen molar-refractivity contribution in [1.82, 2.24) is 9.62 Å². The number of carbonyl (C=O) groups is 2. The molecule has 0 aliphatic rings. The molecule has 1 amide bonds. The van der Waals surface area contributed by atoms with E-state index in [1.807, 2.05) is 13.8 Å². The van der Waals surface area contributed by atoms with Crippen LogP contribution in [0, 0.1) is 0 Å². The number of carbonyl (C=O) groups excluding carboxylic acids is 2. The van der Waals surface area contributed by atoms with Crippen molar-refractivity contribution < 1.29 is 22.7 Å². The highest BCUT2D eigenvalue weighted by Gasteiger charge is 2.17. The van der Waals surface area contributed by atoms with Crippen molar-refractivity contribution in [1.29, 1.82) is 0 Å². The predicted octanol–water partition coefficient (Wildman–Crippen LogP) is 0.620. The fourth-order valence-electron chi connectivity index (χ4n) is 1.79. The maximum Gasteiger partial charge on any atom is 0.338 e. The van der Waals surface area contributed by atoms with Crippen molar-refractivity contribution in [2.75, 3.05) is 26.7 Å². The van der Waals surface area contributed by atoms with Crippen LogP contribution < -0.4 is 4.72 Å². The van der Waals surface area contributed by atoms with Crippen LogP contribution in [0.2, 0.25) is 0 Å². The molecule has 7 nitrogen and oxygen atoms in total. The molecule has 0 saturated carbocycles. The van der Waals surface area contributed by atoms with Crippen molar-refractivity contribution >= 4 is 21.9 Å². The fourth-order valence-corrected chi connectivity index (χ4v) is 2.56. The van der Waals surface area contributed by atoms with Crippen molar-refractivity contribution in [3.05, 3.63) is 29.8 Å². The molecule has 8 heteroatoms. The van der Waals surface area contributed by atoms with Gasteiger partial charge in [0.25, 0.3) is 5.91 Å². The predicted molar refractivity (Wildman–Crippen MR) is 80.9 cm³/mol. The van der Waals surface area contributed by atoms with Gasteiger partial charge in [-0.25, -0.2) is 17.9 Å². The first-order chi connectivity index (χ1) is 10.4. The van der Waals surface area contributed by atoms with Crippen molar-refractivity contribution in [3.8, 4) is 0 Å². The summed E-state index contributed by atoms with van der Waals surface area (Å²) in [4.78, 5) is 25.2. The molecule has 0 aliphatic carbocycles. The van der Waals surface area contributed by atoms with Gasteiger partial charge in [0.1, 0.15) is 0 Å². The summed E-state index contributed by atoms with van der Waals surface area (Å²) in [5, 5.41) is 0. The van der Waals surface area contributed by atoms with Gasteiger partial charge in [-0.05, 0) is 39.1 Å². The molecule has 0 unspecified atom stereocenters. The molecule has 0 atom stereocenters. The number of nitrogens with one attached hydrogen (secondary N) is 1. The zero-order valence-electron chi connectivity index (χ0n) is 12.8. The highest BCUT2D eigenvalue weighted by Crippen LogP contribution is 2.12. The molecule has 0 aromatic heterocycles. The van der Waals surface area contributed by atoms with E-state index in [1.165, 1.54) is 36.2 Å². The Morgan fingerprint density at radius 2 is 1.86 bits per heavy atom. The smallest absolute Gasteiger partial charge is 0.338 e. The minimum atomic E-state index is -3.64. The SMILES string of the molecule is CCN(CC)C(=O)COC(=O)c1cccc(S(=O)(=O)NC)c1. The van der Waals surface area contributed by atoms with Gasteiger partial charge in [-0.3, -0.25) is 4.79 Å². The standard InChI is InChI=1S/C14H20N2O5S/c1-4-16(5-2)13(17)10-21-14(18)11-7-6-8-12(9-11)22(19,20)15-3/h6-9,15H,4-5,10H2,1-3H3. The van der Waals surface area contributed by atoms with E-state index in [1.54, 1.807) is 0 Å². The highest BCUT2D eigenvalue weighted by molar-refractivity contribution is 7.89. The van der Waals surface area contributed by atoms with Crippen molar-refractivity contribution in [2.45, 2.75) is 18.7 Å². The average molecular weight is 328 g/mol. The van der Waals surface area contributed by atoms with Crippen LogP contribution in [0.3, 0.4) is 0 Å². The summed E-state index contributed by atoms with van der Waals surface area (Å²) in [5.41, 5.74) is 0.0728. The maximum absolute atomic E-state index is 11.9. The number of benzene rings is 1. The molecule has 0 aliphatic heterocycles. The second kappa shape index (κ2) is 7.90. The van der Waals surface area contributed by atoms with Gasteiger partial charge in [-0.1, -0.05) is 6.07 Å². The quantitative estimate of drug-likeness (QED) is 0.741. The second-order valence-corrected chi connectivity index (χ2v) is 6.26. The summed E-state index contributed by atoms with van der Waals surface area (Å²) in [6.07, 6.45) is 0. The van der Waals surface area contributed by atoms with Crippen LogP contribution >= 0.6 is 0 Å². The minimum Gasteiger partial charge on any atom is -0.452 e. The van der Waals surface area contributed by atoms with Gasteiger partial charge < -0.3 is 9.64 Å². The Labute approximate surface area is 130 Å². The summed E-state index contributed by atoms with van der Waals surface area (Å²) in [7, 11) is -2.36. The van der Waals surface area contributed by atoms with Gasteiger partial charge >= 0.3 is 5.97 Å². The molecule has 122 valence electrons. The van der Waals surface area contributed by atoms with E-state index in [0.717, 1.165) is 0 Å². The molecule has 1 aromatic carbocycles. The number of rotatable bonds is 7.